The van der Waals surface area contributed by atoms with Crippen LogP contribution >= 0.6 is 11.3 Å². The SMILES string of the molecule is Cc1ccc(C(=O)c2c(C)cc3n2CCC3C(=O)OC(C)C)s1. The zero-order valence-electron chi connectivity index (χ0n) is 13.9. The lowest BCUT2D eigenvalue weighted by Crippen LogP contribution is -2.18. The fourth-order valence-electron chi connectivity index (χ4n) is 3.17. The van der Waals surface area contributed by atoms with Gasteiger partial charge in [-0.1, -0.05) is 0 Å². The molecule has 2 aromatic heterocycles. The summed E-state index contributed by atoms with van der Waals surface area (Å²) in [4.78, 5) is 27.0. The summed E-state index contributed by atoms with van der Waals surface area (Å²) in [6, 6.07) is 5.80. The van der Waals surface area contributed by atoms with Crippen LogP contribution in [0, 0.1) is 13.8 Å². The highest BCUT2D eigenvalue weighted by Gasteiger charge is 2.34. The molecule has 3 heterocycles. The van der Waals surface area contributed by atoms with Gasteiger partial charge in [-0.05, 0) is 57.9 Å². The first kappa shape index (κ1) is 16.0. The summed E-state index contributed by atoms with van der Waals surface area (Å²) < 4.78 is 7.35. The molecule has 1 atom stereocenters. The molecule has 2 aromatic rings. The molecule has 0 spiro atoms. The van der Waals surface area contributed by atoms with Gasteiger partial charge in [-0.15, -0.1) is 11.3 Å². The second-order valence-corrected chi connectivity index (χ2v) is 7.61. The van der Waals surface area contributed by atoms with Gasteiger partial charge in [0.15, 0.2) is 0 Å². The van der Waals surface area contributed by atoms with Gasteiger partial charge in [-0.3, -0.25) is 9.59 Å². The van der Waals surface area contributed by atoms with Crippen LogP contribution in [0.25, 0.3) is 0 Å². The first-order valence-electron chi connectivity index (χ1n) is 7.90. The molecule has 0 saturated carbocycles. The number of rotatable bonds is 4. The van der Waals surface area contributed by atoms with Crippen LogP contribution in [0.4, 0.5) is 0 Å². The number of nitrogens with zero attached hydrogens (tertiary/aromatic N) is 1. The van der Waals surface area contributed by atoms with E-state index in [0.29, 0.717) is 18.7 Å². The Morgan fingerprint density at radius 3 is 2.65 bits per heavy atom. The van der Waals surface area contributed by atoms with Gasteiger partial charge < -0.3 is 9.30 Å². The predicted octanol–water partition coefficient (Wildman–Crippen LogP) is 3.84. The number of fused-ring (bicyclic) bond motifs is 1. The fourth-order valence-corrected chi connectivity index (χ4v) is 3.98. The quantitative estimate of drug-likeness (QED) is 0.632. The van der Waals surface area contributed by atoms with Crippen molar-refractivity contribution < 1.29 is 14.3 Å². The molecule has 0 N–H and O–H groups in total. The highest BCUT2D eigenvalue weighted by molar-refractivity contribution is 7.14. The van der Waals surface area contributed by atoms with Crippen molar-refractivity contribution in [2.45, 2.75) is 52.7 Å². The van der Waals surface area contributed by atoms with Gasteiger partial charge in [0.2, 0.25) is 5.78 Å². The molecular formula is C18H21NO3S. The molecule has 0 radical (unpaired) electrons. The smallest absolute Gasteiger partial charge is 0.315 e. The lowest BCUT2D eigenvalue weighted by molar-refractivity contribution is -0.149. The minimum Gasteiger partial charge on any atom is -0.462 e. The average molecular weight is 331 g/mol. The Labute approximate surface area is 140 Å². The van der Waals surface area contributed by atoms with Crippen LogP contribution in [0.5, 0.6) is 0 Å². The van der Waals surface area contributed by atoms with Gasteiger partial charge in [0.05, 0.1) is 22.6 Å². The number of esters is 1. The number of ketones is 1. The van der Waals surface area contributed by atoms with Crippen molar-refractivity contribution in [1.29, 1.82) is 0 Å². The monoisotopic (exact) mass is 331 g/mol. The summed E-state index contributed by atoms with van der Waals surface area (Å²) in [5.74, 6) is -0.408. The maximum atomic E-state index is 12.8. The van der Waals surface area contributed by atoms with Crippen molar-refractivity contribution in [2.75, 3.05) is 0 Å². The average Bonchev–Trinajstić information content (AvgIpc) is 3.12. The van der Waals surface area contributed by atoms with Crippen molar-refractivity contribution in [1.82, 2.24) is 4.57 Å². The minimum absolute atomic E-state index is 0.0460. The van der Waals surface area contributed by atoms with Gasteiger partial charge in [0, 0.05) is 17.1 Å². The van der Waals surface area contributed by atoms with Gasteiger partial charge in [0.1, 0.15) is 0 Å². The molecule has 1 unspecified atom stereocenters. The topological polar surface area (TPSA) is 48.3 Å². The lowest BCUT2D eigenvalue weighted by Gasteiger charge is -2.12. The Bertz CT molecular complexity index is 769. The normalized spacial score (nSPS) is 16.7. The summed E-state index contributed by atoms with van der Waals surface area (Å²) in [7, 11) is 0. The summed E-state index contributed by atoms with van der Waals surface area (Å²) in [5.41, 5.74) is 2.55. The van der Waals surface area contributed by atoms with Crippen molar-refractivity contribution in [3.05, 3.63) is 44.9 Å². The van der Waals surface area contributed by atoms with Crippen molar-refractivity contribution in [2.24, 2.45) is 0 Å². The fraction of sp³-hybridized carbons (Fsp3) is 0.444. The highest BCUT2D eigenvalue weighted by Crippen LogP contribution is 2.35. The van der Waals surface area contributed by atoms with Crippen LogP contribution in [-0.4, -0.2) is 22.4 Å². The van der Waals surface area contributed by atoms with Crippen molar-refractivity contribution in [3.8, 4) is 0 Å². The Kier molecular flexibility index (Phi) is 4.15. The Morgan fingerprint density at radius 2 is 2.04 bits per heavy atom. The first-order chi connectivity index (χ1) is 10.9. The van der Waals surface area contributed by atoms with E-state index in [0.717, 1.165) is 21.0 Å². The van der Waals surface area contributed by atoms with Crippen LogP contribution in [0.3, 0.4) is 0 Å². The van der Waals surface area contributed by atoms with E-state index < -0.39 is 0 Å². The van der Waals surface area contributed by atoms with Crippen molar-refractivity contribution in [3.63, 3.8) is 0 Å². The van der Waals surface area contributed by atoms with Crippen LogP contribution in [0.2, 0.25) is 0 Å². The number of ether oxygens (including phenoxy) is 1. The largest absolute Gasteiger partial charge is 0.462 e. The maximum absolute atomic E-state index is 12.8. The van der Waals surface area contributed by atoms with Crippen molar-refractivity contribution >= 4 is 23.1 Å². The standard InChI is InChI=1S/C18H21NO3S/c1-10(2)22-18(21)13-7-8-19-14(13)9-11(3)16(19)17(20)15-6-5-12(4)23-15/h5-6,9-10,13H,7-8H2,1-4H3. The molecule has 0 saturated heterocycles. The van der Waals surface area contributed by atoms with E-state index in [9.17, 15) is 9.59 Å². The molecule has 1 aliphatic rings. The molecule has 0 bridgehead atoms. The van der Waals surface area contributed by atoms with Crippen LogP contribution in [0.1, 0.15) is 57.7 Å². The third kappa shape index (κ3) is 2.85. The molecule has 3 rings (SSSR count). The van der Waals surface area contributed by atoms with E-state index in [2.05, 4.69) is 0 Å². The third-order valence-corrected chi connectivity index (χ3v) is 5.13. The van der Waals surface area contributed by atoms with Gasteiger partial charge in [0.25, 0.3) is 0 Å². The maximum Gasteiger partial charge on any atom is 0.315 e. The molecule has 0 aliphatic carbocycles. The minimum atomic E-state index is -0.261. The second kappa shape index (κ2) is 5.96. The molecule has 122 valence electrons. The highest BCUT2D eigenvalue weighted by atomic mass is 32.1. The number of carbonyl (C=O) groups excluding carboxylic acids is 2. The second-order valence-electron chi connectivity index (χ2n) is 6.32. The number of aromatic nitrogens is 1. The van der Waals surface area contributed by atoms with E-state index in [4.69, 9.17) is 4.74 Å². The summed E-state index contributed by atoms with van der Waals surface area (Å²) >= 11 is 1.51. The number of hydrogen-bond donors (Lipinski definition) is 0. The molecule has 1 aliphatic heterocycles. The summed E-state index contributed by atoms with van der Waals surface area (Å²) in [6.45, 7) is 8.32. The van der Waals surface area contributed by atoms with Crippen LogP contribution in [0.15, 0.2) is 18.2 Å². The van der Waals surface area contributed by atoms with E-state index >= 15 is 0 Å². The van der Waals surface area contributed by atoms with E-state index in [1.807, 2.05) is 50.5 Å². The lowest BCUT2D eigenvalue weighted by atomic mass is 10.0. The third-order valence-electron chi connectivity index (χ3n) is 4.13. The molecule has 0 aromatic carbocycles. The molecule has 5 heteroatoms. The number of aryl methyl sites for hydroxylation is 2. The zero-order valence-corrected chi connectivity index (χ0v) is 14.7. The van der Waals surface area contributed by atoms with Crippen LogP contribution < -0.4 is 0 Å². The molecule has 4 nitrogen and oxygen atoms in total. The van der Waals surface area contributed by atoms with E-state index in [-0.39, 0.29) is 23.8 Å². The summed E-state index contributed by atoms with van der Waals surface area (Å²) in [6.07, 6.45) is 0.577. The van der Waals surface area contributed by atoms with Gasteiger partial charge >= 0.3 is 5.97 Å². The number of carbonyl (C=O) groups is 2. The first-order valence-corrected chi connectivity index (χ1v) is 8.71. The molecular weight excluding hydrogens is 310 g/mol. The molecule has 0 amide bonds. The summed E-state index contributed by atoms with van der Waals surface area (Å²) in [5, 5.41) is 0. The van der Waals surface area contributed by atoms with Gasteiger partial charge in [-0.2, -0.15) is 0 Å². The Morgan fingerprint density at radius 1 is 1.30 bits per heavy atom. The Balaban J connectivity index is 1.94. The van der Waals surface area contributed by atoms with E-state index in [1.54, 1.807) is 0 Å². The predicted molar refractivity (Wildman–Crippen MR) is 90.2 cm³/mol. The van der Waals surface area contributed by atoms with Crippen LogP contribution in [-0.2, 0) is 16.1 Å². The number of thiophene rings is 1. The number of hydrogen-bond acceptors (Lipinski definition) is 4. The molecule has 0 fully saturated rings. The molecule has 23 heavy (non-hydrogen) atoms. The van der Waals surface area contributed by atoms with E-state index in [1.165, 1.54) is 11.3 Å². The zero-order chi connectivity index (χ0) is 16.7. The Hall–Kier alpha value is -1.88. The van der Waals surface area contributed by atoms with Gasteiger partial charge in [-0.25, -0.2) is 0 Å².